The highest BCUT2D eigenvalue weighted by Crippen LogP contribution is 2.48. The molecule has 0 aromatic heterocycles. The number of fused-ring (bicyclic) bond motifs is 3. The van der Waals surface area contributed by atoms with Crippen LogP contribution >= 0.6 is 0 Å². The van der Waals surface area contributed by atoms with Gasteiger partial charge >= 0.3 is 0 Å². The first-order chi connectivity index (χ1) is 13.3. The fourth-order valence-electron chi connectivity index (χ4n) is 4.69. The topological polar surface area (TPSA) is 0 Å². The van der Waals surface area contributed by atoms with Gasteiger partial charge in [-0.1, -0.05) is 84.9 Å². The second-order valence-electron chi connectivity index (χ2n) is 7.42. The van der Waals surface area contributed by atoms with Gasteiger partial charge < -0.3 is 0 Å². The lowest BCUT2D eigenvalue weighted by atomic mass is 9.82. The third-order valence-electron chi connectivity index (χ3n) is 5.91. The average Bonchev–Trinajstić information content (AvgIpc) is 3.12. The van der Waals surface area contributed by atoms with Gasteiger partial charge in [-0.15, -0.1) is 0 Å². The maximum Gasteiger partial charge on any atom is -0.00105 e. The van der Waals surface area contributed by atoms with Crippen LogP contribution in [0.2, 0.25) is 0 Å². The van der Waals surface area contributed by atoms with E-state index in [2.05, 4.69) is 98.8 Å². The molecule has 4 aromatic carbocycles. The summed E-state index contributed by atoms with van der Waals surface area (Å²) in [6.07, 6.45) is 1.03. The third-order valence-corrected chi connectivity index (χ3v) is 5.91. The molecule has 0 atom stereocenters. The number of hydrogen-bond acceptors (Lipinski definition) is 0. The van der Waals surface area contributed by atoms with Gasteiger partial charge in [0.1, 0.15) is 0 Å². The first kappa shape index (κ1) is 16.1. The second kappa shape index (κ2) is 6.25. The van der Waals surface area contributed by atoms with E-state index in [4.69, 9.17) is 0 Å². The summed E-state index contributed by atoms with van der Waals surface area (Å²) in [4.78, 5) is 0. The third kappa shape index (κ3) is 2.44. The molecule has 5 rings (SSSR count). The van der Waals surface area contributed by atoms with Crippen molar-refractivity contribution in [3.05, 3.63) is 107 Å². The lowest BCUT2D eigenvalue weighted by Gasteiger charge is -2.22. The van der Waals surface area contributed by atoms with Crippen LogP contribution in [0.15, 0.2) is 84.9 Å². The largest absolute Gasteiger partial charge is 0.0622 e. The highest BCUT2D eigenvalue weighted by Gasteiger charge is 2.27. The average molecular weight is 346 g/mol. The van der Waals surface area contributed by atoms with Crippen molar-refractivity contribution in [1.29, 1.82) is 0 Å². The second-order valence-corrected chi connectivity index (χ2v) is 7.42. The molecule has 0 radical (unpaired) electrons. The zero-order valence-corrected chi connectivity index (χ0v) is 15.8. The Morgan fingerprint density at radius 3 is 1.67 bits per heavy atom. The molecule has 0 fully saturated rings. The molecule has 0 saturated heterocycles. The van der Waals surface area contributed by atoms with E-state index in [0.717, 1.165) is 6.42 Å². The molecule has 4 aromatic rings. The summed E-state index contributed by atoms with van der Waals surface area (Å²) in [5.41, 5.74) is 13.9. The first-order valence-corrected chi connectivity index (χ1v) is 9.61. The molecule has 1 aliphatic carbocycles. The van der Waals surface area contributed by atoms with E-state index < -0.39 is 0 Å². The number of benzene rings is 4. The van der Waals surface area contributed by atoms with Gasteiger partial charge in [-0.25, -0.2) is 0 Å². The normalized spacial score (nSPS) is 11.9. The van der Waals surface area contributed by atoms with Crippen molar-refractivity contribution in [2.24, 2.45) is 0 Å². The lowest BCUT2D eigenvalue weighted by Crippen LogP contribution is -1.99. The Balaban J connectivity index is 1.91. The SMILES string of the molecule is Cc1c2c(c(C)c(-c3ccccc3)c1-c1ccccc1)-c1ccccc1C2. The summed E-state index contributed by atoms with van der Waals surface area (Å²) in [5, 5.41) is 0. The van der Waals surface area contributed by atoms with Crippen LogP contribution in [0, 0.1) is 13.8 Å². The fourth-order valence-corrected chi connectivity index (χ4v) is 4.69. The minimum absolute atomic E-state index is 1.03. The predicted octanol–water partition coefficient (Wildman–Crippen LogP) is 7.21. The van der Waals surface area contributed by atoms with E-state index in [-0.39, 0.29) is 0 Å². The Morgan fingerprint density at radius 1 is 0.519 bits per heavy atom. The molecular formula is C27H22. The molecule has 0 heteroatoms. The van der Waals surface area contributed by atoms with E-state index >= 15 is 0 Å². The van der Waals surface area contributed by atoms with Crippen LogP contribution in [-0.4, -0.2) is 0 Å². The molecule has 0 spiro atoms. The number of rotatable bonds is 2. The van der Waals surface area contributed by atoms with Crippen molar-refractivity contribution < 1.29 is 0 Å². The van der Waals surface area contributed by atoms with Crippen LogP contribution in [-0.2, 0) is 6.42 Å². The molecular weight excluding hydrogens is 324 g/mol. The monoisotopic (exact) mass is 346 g/mol. The van der Waals surface area contributed by atoms with Crippen LogP contribution in [0.3, 0.4) is 0 Å². The van der Waals surface area contributed by atoms with Crippen molar-refractivity contribution in [2.75, 3.05) is 0 Å². The quantitative estimate of drug-likeness (QED) is 0.317. The minimum atomic E-state index is 1.03. The van der Waals surface area contributed by atoms with Gasteiger partial charge in [-0.05, 0) is 75.9 Å². The van der Waals surface area contributed by atoms with Crippen LogP contribution < -0.4 is 0 Å². The van der Waals surface area contributed by atoms with Crippen LogP contribution in [0.1, 0.15) is 22.3 Å². The summed E-state index contributed by atoms with van der Waals surface area (Å²) < 4.78 is 0. The molecule has 0 saturated carbocycles. The fraction of sp³-hybridized carbons (Fsp3) is 0.111. The standard InChI is InChI=1S/C27H22/c1-18-24-17-22-15-9-10-16-23(22)27(24)19(2)26(21-13-7-4-8-14-21)25(18)20-11-5-3-6-12-20/h3-16H,17H2,1-2H3. The van der Waals surface area contributed by atoms with Crippen LogP contribution in [0.25, 0.3) is 33.4 Å². The predicted molar refractivity (Wildman–Crippen MR) is 115 cm³/mol. The van der Waals surface area contributed by atoms with Crippen molar-refractivity contribution in [1.82, 2.24) is 0 Å². The van der Waals surface area contributed by atoms with Gasteiger partial charge in [0.25, 0.3) is 0 Å². The maximum atomic E-state index is 2.30. The molecule has 0 heterocycles. The Bertz CT molecular complexity index is 1140. The van der Waals surface area contributed by atoms with Gasteiger partial charge in [0.15, 0.2) is 0 Å². The van der Waals surface area contributed by atoms with Gasteiger partial charge in [0.05, 0.1) is 0 Å². The van der Waals surface area contributed by atoms with Gasteiger partial charge in [0.2, 0.25) is 0 Å². The highest BCUT2D eigenvalue weighted by molar-refractivity contribution is 5.96. The zero-order chi connectivity index (χ0) is 18.4. The summed E-state index contributed by atoms with van der Waals surface area (Å²) in [7, 11) is 0. The Kier molecular flexibility index (Phi) is 3.72. The summed E-state index contributed by atoms with van der Waals surface area (Å²) in [5.74, 6) is 0. The minimum Gasteiger partial charge on any atom is -0.0622 e. The molecule has 130 valence electrons. The van der Waals surface area contributed by atoms with Crippen LogP contribution in [0.5, 0.6) is 0 Å². The molecule has 27 heavy (non-hydrogen) atoms. The Morgan fingerprint density at radius 2 is 1.04 bits per heavy atom. The summed E-state index contributed by atoms with van der Waals surface area (Å²) in [6, 6.07) is 30.6. The maximum absolute atomic E-state index is 2.30. The molecule has 0 unspecified atom stereocenters. The van der Waals surface area contributed by atoms with Crippen LogP contribution in [0.4, 0.5) is 0 Å². The van der Waals surface area contributed by atoms with Crippen molar-refractivity contribution in [3.8, 4) is 33.4 Å². The molecule has 0 nitrogen and oxygen atoms in total. The van der Waals surface area contributed by atoms with E-state index in [0.29, 0.717) is 0 Å². The molecule has 0 amide bonds. The van der Waals surface area contributed by atoms with Gasteiger partial charge in [0, 0.05) is 0 Å². The lowest BCUT2D eigenvalue weighted by molar-refractivity contribution is 1.21. The van der Waals surface area contributed by atoms with Crippen molar-refractivity contribution in [3.63, 3.8) is 0 Å². The Hall–Kier alpha value is -3.12. The smallest absolute Gasteiger partial charge is 0.00105 e. The van der Waals surface area contributed by atoms with Crippen molar-refractivity contribution >= 4 is 0 Å². The van der Waals surface area contributed by atoms with Gasteiger partial charge in [-0.3, -0.25) is 0 Å². The van der Waals surface area contributed by atoms with Crippen molar-refractivity contribution in [2.45, 2.75) is 20.3 Å². The zero-order valence-electron chi connectivity index (χ0n) is 15.8. The molecule has 0 N–H and O–H groups in total. The van der Waals surface area contributed by atoms with Gasteiger partial charge in [-0.2, -0.15) is 0 Å². The highest BCUT2D eigenvalue weighted by atomic mass is 14.3. The molecule has 0 aliphatic heterocycles. The first-order valence-electron chi connectivity index (χ1n) is 9.61. The van der Waals surface area contributed by atoms with E-state index in [1.54, 1.807) is 0 Å². The van der Waals surface area contributed by atoms with E-state index in [9.17, 15) is 0 Å². The number of hydrogen-bond donors (Lipinski definition) is 0. The Labute approximate surface area is 161 Å². The molecule has 0 bridgehead atoms. The van der Waals surface area contributed by atoms with E-state index in [1.165, 1.54) is 55.6 Å². The van der Waals surface area contributed by atoms with E-state index in [1.807, 2.05) is 0 Å². The molecule has 1 aliphatic rings. The summed E-state index contributed by atoms with van der Waals surface area (Å²) in [6.45, 7) is 4.61. The summed E-state index contributed by atoms with van der Waals surface area (Å²) >= 11 is 0.